The standard InChI is InChI=1S/C19H22N2O4/c22-18-16(11-4-2-1-3-5-11)17(25-21-18)12-6-7-13-10-20-15(19(23)24)9-14(13)8-12/h1-5,12-15,20H,6-10H2,(H,21,22)(H,23,24). The zero-order valence-corrected chi connectivity index (χ0v) is 13.9. The van der Waals surface area contributed by atoms with E-state index in [1.54, 1.807) is 0 Å². The van der Waals surface area contributed by atoms with Gasteiger partial charge in [0.1, 0.15) is 11.8 Å². The van der Waals surface area contributed by atoms with Crippen molar-refractivity contribution in [1.29, 1.82) is 0 Å². The molecule has 2 aromatic rings. The second kappa shape index (κ2) is 6.52. The fraction of sp³-hybridized carbons (Fsp3) is 0.474. The molecule has 4 unspecified atom stereocenters. The van der Waals surface area contributed by atoms with Crippen molar-refractivity contribution in [2.45, 2.75) is 37.6 Å². The molecule has 2 heterocycles. The first-order chi connectivity index (χ1) is 12.1. The number of hydrogen-bond acceptors (Lipinski definition) is 4. The number of piperidine rings is 1. The fourth-order valence-corrected chi connectivity index (χ4v) is 4.47. The van der Waals surface area contributed by atoms with Crippen molar-refractivity contribution in [3.8, 4) is 11.1 Å². The molecule has 3 N–H and O–H groups in total. The first-order valence-electron chi connectivity index (χ1n) is 8.86. The molecule has 2 aliphatic rings. The number of carbonyl (C=O) groups is 1. The normalized spacial score (nSPS) is 29.1. The van der Waals surface area contributed by atoms with Crippen molar-refractivity contribution in [1.82, 2.24) is 10.5 Å². The summed E-state index contributed by atoms with van der Waals surface area (Å²) in [6.45, 7) is 0.761. The van der Waals surface area contributed by atoms with Crippen LogP contribution in [-0.4, -0.2) is 28.8 Å². The van der Waals surface area contributed by atoms with Crippen LogP contribution in [0, 0.1) is 11.8 Å². The first-order valence-corrected chi connectivity index (χ1v) is 8.86. The van der Waals surface area contributed by atoms with Crippen molar-refractivity contribution >= 4 is 5.97 Å². The number of carboxylic acids is 1. The van der Waals surface area contributed by atoms with Crippen LogP contribution in [0.25, 0.3) is 11.1 Å². The highest BCUT2D eigenvalue weighted by molar-refractivity contribution is 5.73. The lowest BCUT2D eigenvalue weighted by atomic mass is 9.68. The minimum absolute atomic E-state index is 0.156. The maximum absolute atomic E-state index is 12.3. The van der Waals surface area contributed by atoms with E-state index in [-0.39, 0.29) is 11.5 Å². The average molecular weight is 342 g/mol. The number of aromatic amines is 1. The summed E-state index contributed by atoms with van der Waals surface area (Å²) >= 11 is 0. The number of carboxylic acid groups (broad SMARTS) is 1. The lowest BCUT2D eigenvalue weighted by Gasteiger charge is -2.41. The Morgan fingerprint density at radius 2 is 1.92 bits per heavy atom. The summed E-state index contributed by atoms with van der Waals surface area (Å²) in [5.41, 5.74) is 1.29. The van der Waals surface area contributed by atoms with Crippen molar-refractivity contribution in [3.05, 3.63) is 46.4 Å². The van der Waals surface area contributed by atoms with Gasteiger partial charge in [-0.1, -0.05) is 30.3 Å². The first kappa shape index (κ1) is 16.1. The number of aromatic nitrogens is 1. The van der Waals surface area contributed by atoms with E-state index in [1.807, 2.05) is 30.3 Å². The Bertz CT molecular complexity index is 810. The molecular weight excluding hydrogens is 320 g/mol. The molecule has 0 spiro atoms. The van der Waals surface area contributed by atoms with Crippen LogP contribution in [0.15, 0.2) is 39.6 Å². The molecule has 1 aliphatic carbocycles. The smallest absolute Gasteiger partial charge is 0.320 e. The highest BCUT2D eigenvalue weighted by atomic mass is 16.5. The zero-order valence-electron chi connectivity index (χ0n) is 13.9. The Kier molecular flexibility index (Phi) is 4.21. The lowest BCUT2D eigenvalue weighted by Crippen LogP contribution is -2.49. The molecule has 4 atom stereocenters. The van der Waals surface area contributed by atoms with Gasteiger partial charge < -0.3 is 14.9 Å². The molecule has 1 aliphatic heterocycles. The van der Waals surface area contributed by atoms with Gasteiger partial charge >= 0.3 is 5.97 Å². The van der Waals surface area contributed by atoms with Crippen molar-refractivity contribution in [2.75, 3.05) is 6.54 Å². The van der Waals surface area contributed by atoms with Crippen LogP contribution < -0.4 is 10.9 Å². The summed E-state index contributed by atoms with van der Waals surface area (Å²) in [4.78, 5) is 23.6. The molecule has 4 rings (SSSR count). The molecule has 0 bridgehead atoms. The van der Waals surface area contributed by atoms with Gasteiger partial charge in [0, 0.05) is 5.92 Å². The Labute approximate surface area is 145 Å². The van der Waals surface area contributed by atoms with Crippen LogP contribution in [0.4, 0.5) is 0 Å². The topological polar surface area (TPSA) is 95.3 Å². The summed E-state index contributed by atoms with van der Waals surface area (Å²) in [6, 6.07) is 9.11. The van der Waals surface area contributed by atoms with E-state index in [4.69, 9.17) is 4.52 Å². The molecule has 1 aromatic heterocycles. The van der Waals surface area contributed by atoms with Crippen LogP contribution in [0.1, 0.15) is 37.4 Å². The van der Waals surface area contributed by atoms with Crippen LogP contribution in [-0.2, 0) is 4.79 Å². The highest BCUT2D eigenvalue weighted by Crippen LogP contribution is 2.44. The monoisotopic (exact) mass is 342 g/mol. The third-order valence-corrected chi connectivity index (χ3v) is 5.76. The molecule has 0 amide bonds. The van der Waals surface area contributed by atoms with Gasteiger partial charge in [-0.05, 0) is 49.6 Å². The molecule has 132 valence electrons. The maximum Gasteiger partial charge on any atom is 0.320 e. The van der Waals surface area contributed by atoms with Crippen molar-refractivity contribution in [2.24, 2.45) is 11.8 Å². The van der Waals surface area contributed by atoms with Crippen molar-refractivity contribution in [3.63, 3.8) is 0 Å². The molecule has 6 nitrogen and oxygen atoms in total. The van der Waals surface area contributed by atoms with Gasteiger partial charge in [0.05, 0.1) is 5.56 Å². The predicted molar refractivity (Wildman–Crippen MR) is 92.4 cm³/mol. The number of benzene rings is 1. The Hall–Kier alpha value is -2.34. The van der Waals surface area contributed by atoms with Gasteiger partial charge in [0.2, 0.25) is 0 Å². The molecule has 1 saturated carbocycles. The van der Waals surface area contributed by atoms with Gasteiger partial charge in [0.25, 0.3) is 5.56 Å². The largest absolute Gasteiger partial charge is 0.480 e. The van der Waals surface area contributed by atoms with E-state index >= 15 is 0 Å². The Balaban J connectivity index is 1.60. The second-order valence-electron chi connectivity index (χ2n) is 7.20. The molecule has 6 heteroatoms. The van der Waals surface area contributed by atoms with E-state index in [0.29, 0.717) is 23.8 Å². The third-order valence-electron chi connectivity index (χ3n) is 5.76. The minimum atomic E-state index is -0.779. The van der Waals surface area contributed by atoms with Gasteiger partial charge in [-0.2, -0.15) is 5.16 Å². The highest BCUT2D eigenvalue weighted by Gasteiger charge is 2.39. The summed E-state index contributed by atoms with van der Waals surface area (Å²) < 4.78 is 5.57. The molecule has 0 radical (unpaired) electrons. The van der Waals surface area contributed by atoms with Crippen molar-refractivity contribution < 1.29 is 14.4 Å². The Morgan fingerprint density at radius 3 is 2.68 bits per heavy atom. The SMILES string of the molecule is O=C(O)C1CC2CC(c3o[nH]c(=O)c3-c3ccccc3)CCC2CN1. The van der Waals surface area contributed by atoms with Crippen LogP contribution >= 0.6 is 0 Å². The maximum atomic E-state index is 12.3. The number of fused-ring (bicyclic) bond motifs is 1. The van der Waals surface area contributed by atoms with Gasteiger partial charge in [-0.25, -0.2) is 0 Å². The van der Waals surface area contributed by atoms with Gasteiger partial charge in [-0.3, -0.25) is 9.59 Å². The summed E-state index contributed by atoms with van der Waals surface area (Å²) in [7, 11) is 0. The Morgan fingerprint density at radius 1 is 1.12 bits per heavy atom. The van der Waals surface area contributed by atoms with E-state index < -0.39 is 12.0 Å². The van der Waals surface area contributed by atoms with Gasteiger partial charge in [0.15, 0.2) is 0 Å². The fourth-order valence-electron chi connectivity index (χ4n) is 4.47. The number of H-pyrrole nitrogens is 1. The molecule has 2 fully saturated rings. The second-order valence-corrected chi connectivity index (χ2v) is 7.20. The summed E-state index contributed by atoms with van der Waals surface area (Å²) in [6.07, 6.45) is 3.50. The molecule has 25 heavy (non-hydrogen) atoms. The quantitative estimate of drug-likeness (QED) is 0.797. The third kappa shape index (κ3) is 3.02. The van der Waals surface area contributed by atoms with E-state index in [2.05, 4.69) is 10.5 Å². The number of hydrogen-bond donors (Lipinski definition) is 3. The molecule has 1 saturated heterocycles. The van der Waals surface area contributed by atoms with E-state index in [0.717, 1.165) is 37.1 Å². The van der Waals surface area contributed by atoms with Gasteiger partial charge in [-0.15, -0.1) is 0 Å². The average Bonchev–Trinajstić information content (AvgIpc) is 3.03. The van der Waals surface area contributed by atoms with E-state index in [9.17, 15) is 14.7 Å². The number of aliphatic carboxylic acids is 1. The van der Waals surface area contributed by atoms with Crippen LogP contribution in [0.3, 0.4) is 0 Å². The molecular formula is C19H22N2O4. The van der Waals surface area contributed by atoms with E-state index in [1.165, 1.54) is 0 Å². The predicted octanol–water partition coefficient (Wildman–Crippen LogP) is 2.58. The minimum Gasteiger partial charge on any atom is -0.480 e. The summed E-state index contributed by atoms with van der Waals surface area (Å²) in [5.74, 6) is 0.962. The number of nitrogens with one attached hydrogen (secondary N) is 2. The van der Waals surface area contributed by atoms with Crippen LogP contribution in [0.5, 0.6) is 0 Å². The molecule has 1 aromatic carbocycles. The summed E-state index contributed by atoms with van der Waals surface area (Å²) in [5, 5.41) is 14.9. The lowest BCUT2D eigenvalue weighted by molar-refractivity contribution is -0.141. The zero-order chi connectivity index (χ0) is 17.4. The van der Waals surface area contributed by atoms with Crippen LogP contribution in [0.2, 0.25) is 0 Å². The number of rotatable bonds is 3.